The molecule has 1 aliphatic rings. The molecule has 0 saturated carbocycles. The fraction of sp³-hybridized carbons (Fsp3) is 0.333. The normalized spacial score (nSPS) is 18.0. The zero-order chi connectivity index (χ0) is 15.6. The van der Waals surface area contributed by atoms with Gasteiger partial charge in [0.1, 0.15) is 6.04 Å². The molecule has 1 aromatic carbocycles. The molecule has 0 spiro atoms. The predicted molar refractivity (Wildman–Crippen MR) is 74.7 cm³/mol. The summed E-state index contributed by atoms with van der Waals surface area (Å²) in [7, 11) is 0. The molecule has 21 heavy (non-hydrogen) atoms. The van der Waals surface area contributed by atoms with Crippen molar-refractivity contribution in [2.24, 2.45) is 0 Å². The zero-order valence-corrected chi connectivity index (χ0v) is 11.5. The van der Waals surface area contributed by atoms with E-state index in [1.165, 1.54) is 0 Å². The molecule has 1 amide bonds. The molecule has 1 unspecified atom stereocenters. The smallest absolute Gasteiger partial charge is 0.338 e. The van der Waals surface area contributed by atoms with Gasteiger partial charge in [-0.1, -0.05) is 11.6 Å². The van der Waals surface area contributed by atoms with Gasteiger partial charge in [-0.15, -0.1) is 0 Å². The van der Waals surface area contributed by atoms with Gasteiger partial charge in [-0.25, -0.2) is 4.79 Å². The topological polar surface area (TPSA) is 122 Å². The second-order valence-electron chi connectivity index (χ2n) is 4.54. The Balaban J connectivity index is 2.39. The van der Waals surface area contributed by atoms with Crippen LogP contribution in [0.2, 0.25) is 5.02 Å². The van der Waals surface area contributed by atoms with Gasteiger partial charge in [0.2, 0.25) is 5.91 Å². The van der Waals surface area contributed by atoms with Crippen LogP contribution in [0.25, 0.3) is 0 Å². The summed E-state index contributed by atoms with van der Waals surface area (Å²) < 4.78 is 0. The molecule has 112 valence electrons. The largest absolute Gasteiger partial charge is 0.478 e. The van der Waals surface area contributed by atoms with Crippen LogP contribution in [-0.2, 0) is 4.79 Å². The third-order valence-corrected chi connectivity index (χ3v) is 3.42. The third-order valence-electron chi connectivity index (χ3n) is 3.12. The number of rotatable bonds is 4. The van der Waals surface area contributed by atoms with Crippen molar-refractivity contribution >= 4 is 34.9 Å². The van der Waals surface area contributed by atoms with Gasteiger partial charge in [0.05, 0.1) is 21.2 Å². The standard InChI is InChI=1S/C12H12ClN3O5/c13-8-5-6(16(20)21)4-7(12(18)19)10(8)15-9-2-1-3-14-11(9)17/h4-5,9,15H,1-3H2,(H,14,17)(H,18,19). The number of anilines is 1. The number of nitro groups is 1. The molecule has 1 aromatic rings. The quantitative estimate of drug-likeness (QED) is 0.574. The van der Waals surface area contributed by atoms with Crippen LogP contribution in [0.4, 0.5) is 11.4 Å². The van der Waals surface area contributed by atoms with E-state index in [0.717, 1.165) is 18.6 Å². The molecule has 1 fully saturated rings. The fourth-order valence-electron chi connectivity index (χ4n) is 2.10. The van der Waals surface area contributed by atoms with E-state index >= 15 is 0 Å². The van der Waals surface area contributed by atoms with Crippen LogP contribution in [0.15, 0.2) is 12.1 Å². The SMILES string of the molecule is O=C(O)c1cc([N+](=O)[O-])cc(Cl)c1NC1CCCNC1=O. The van der Waals surface area contributed by atoms with E-state index in [4.69, 9.17) is 16.7 Å². The molecule has 8 nitrogen and oxygen atoms in total. The first-order valence-corrected chi connectivity index (χ1v) is 6.53. The number of aromatic carboxylic acids is 1. The minimum Gasteiger partial charge on any atom is -0.478 e. The van der Waals surface area contributed by atoms with Gasteiger partial charge < -0.3 is 15.7 Å². The number of carbonyl (C=O) groups is 2. The van der Waals surface area contributed by atoms with Gasteiger partial charge in [0, 0.05) is 18.7 Å². The minimum atomic E-state index is -1.36. The highest BCUT2D eigenvalue weighted by molar-refractivity contribution is 6.34. The van der Waals surface area contributed by atoms with E-state index in [9.17, 15) is 19.7 Å². The molecule has 9 heteroatoms. The number of amides is 1. The van der Waals surface area contributed by atoms with Crippen molar-refractivity contribution in [2.75, 3.05) is 11.9 Å². The maximum atomic E-state index is 11.7. The lowest BCUT2D eigenvalue weighted by molar-refractivity contribution is -0.384. The molecule has 1 saturated heterocycles. The summed E-state index contributed by atoms with van der Waals surface area (Å²) in [6, 6.07) is 1.35. The van der Waals surface area contributed by atoms with Crippen LogP contribution >= 0.6 is 11.6 Å². The van der Waals surface area contributed by atoms with Gasteiger partial charge in [-0.3, -0.25) is 14.9 Å². The number of non-ortho nitro benzene ring substituents is 1. The van der Waals surface area contributed by atoms with E-state index in [1.807, 2.05) is 0 Å². The van der Waals surface area contributed by atoms with Crippen LogP contribution < -0.4 is 10.6 Å². The lowest BCUT2D eigenvalue weighted by Gasteiger charge is -2.24. The number of carbonyl (C=O) groups excluding carboxylic acids is 1. The Hall–Kier alpha value is -2.35. The summed E-state index contributed by atoms with van der Waals surface area (Å²) in [5, 5.41) is 25.2. The van der Waals surface area contributed by atoms with Gasteiger partial charge in [0.25, 0.3) is 5.69 Å². The van der Waals surface area contributed by atoms with Gasteiger partial charge >= 0.3 is 5.97 Å². The summed E-state index contributed by atoms with van der Waals surface area (Å²) in [6.07, 6.45) is 1.27. The molecule has 3 N–H and O–H groups in total. The monoisotopic (exact) mass is 313 g/mol. The van der Waals surface area contributed by atoms with E-state index in [0.29, 0.717) is 13.0 Å². The van der Waals surface area contributed by atoms with E-state index < -0.39 is 22.6 Å². The molecule has 1 aliphatic heterocycles. The second kappa shape index (κ2) is 5.96. The first kappa shape index (κ1) is 15.0. The first-order chi connectivity index (χ1) is 9.90. The number of nitro benzene ring substituents is 1. The molecule has 0 aromatic heterocycles. The highest BCUT2D eigenvalue weighted by Crippen LogP contribution is 2.32. The number of halogens is 1. The Morgan fingerprint density at radius 1 is 1.52 bits per heavy atom. The number of carboxylic acid groups (broad SMARTS) is 1. The second-order valence-corrected chi connectivity index (χ2v) is 4.95. The lowest BCUT2D eigenvalue weighted by Crippen LogP contribution is -2.44. The van der Waals surface area contributed by atoms with Crippen LogP contribution in [0.3, 0.4) is 0 Å². The zero-order valence-electron chi connectivity index (χ0n) is 10.8. The Labute approximate surface area is 124 Å². The maximum Gasteiger partial charge on any atom is 0.338 e. The molecule has 1 heterocycles. The van der Waals surface area contributed by atoms with Gasteiger partial charge in [-0.2, -0.15) is 0 Å². The Bertz CT molecular complexity index is 619. The van der Waals surface area contributed by atoms with E-state index in [1.54, 1.807) is 0 Å². The number of nitrogens with one attached hydrogen (secondary N) is 2. The summed E-state index contributed by atoms with van der Waals surface area (Å²) in [6.45, 7) is 0.566. The molecular formula is C12H12ClN3O5. The summed E-state index contributed by atoms with van der Waals surface area (Å²) >= 11 is 5.93. The van der Waals surface area contributed by atoms with Gasteiger partial charge in [-0.05, 0) is 12.8 Å². The number of carboxylic acids is 1. The van der Waals surface area contributed by atoms with Crippen molar-refractivity contribution in [1.82, 2.24) is 5.32 Å². The maximum absolute atomic E-state index is 11.7. The molecular weight excluding hydrogens is 302 g/mol. The third kappa shape index (κ3) is 3.22. The van der Waals surface area contributed by atoms with E-state index in [-0.39, 0.29) is 22.2 Å². The molecule has 0 aliphatic carbocycles. The Morgan fingerprint density at radius 2 is 2.24 bits per heavy atom. The number of nitrogens with zero attached hydrogens (tertiary/aromatic N) is 1. The number of hydrogen-bond donors (Lipinski definition) is 3. The van der Waals surface area contributed by atoms with Crippen LogP contribution in [0, 0.1) is 10.1 Å². The Morgan fingerprint density at radius 3 is 2.81 bits per heavy atom. The summed E-state index contributed by atoms with van der Waals surface area (Å²) in [5.74, 6) is -1.62. The van der Waals surface area contributed by atoms with Crippen LogP contribution in [0.1, 0.15) is 23.2 Å². The first-order valence-electron chi connectivity index (χ1n) is 6.15. The Kier molecular flexibility index (Phi) is 4.27. The number of piperidine rings is 1. The number of benzene rings is 1. The van der Waals surface area contributed by atoms with E-state index in [2.05, 4.69) is 10.6 Å². The fourth-order valence-corrected chi connectivity index (χ4v) is 2.37. The molecule has 0 radical (unpaired) electrons. The minimum absolute atomic E-state index is 0.0109. The van der Waals surface area contributed by atoms with Crippen molar-refractivity contribution in [1.29, 1.82) is 0 Å². The average Bonchev–Trinajstić information content (AvgIpc) is 2.42. The molecule has 2 rings (SSSR count). The van der Waals surface area contributed by atoms with Gasteiger partial charge in [0.15, 0.2) is 0 Å². The highest BCUT2D eigenvalue weighted by atomic mass is 35.5. The van der Waals surface area contributed by atoms with Crippen molar-refractivity contribution in [3.63, 3.8) is 0 Å². The molecule has 0 bridgehead atoms. The van der Waals surface area contributed by atoms with Crippen molar-refractivity contribution in [3.8, 4) is 0 Å². The van der Waals surface area contributed by atoms with Crippen molar-refractivity contribution < 1.29 is 19.6 Å². The van der Waals surface area contributed by atoms with Crippen molar-refractivity contribution in [3.05, 3.63) is 32.8 Å². The molecule has 1 atom stereocenters. The predicted octanol–water partition coefficient (Wildman–Crippen LogP) is 1.64. The van der Waals surface area contributed by atoms with Crippen molar-refractivity contribution in [2.45, 2.75) is 18.9 Å². The highest BCUT2D eigenvalue weighted by Gasteiger charge is 2.26. The van der Waals surface area contributed by atoms with Crippen LogP contribution in [-0.4, -0.2) is 34.5 Å². The average molecular weight is 314 g/mol. The van der Waals surface area contributed by atoms with Crippen LogP contribution in [0.5, 0.6) is 0 Å². The number of hydrogen-bond acceptors (Lipinski definition) is 5. The summed E-state index contributed by atoms with van der Waals surface area (Å²) in [4.78, 5) is 33.0. The summed E-state index contributed by atoms with van der Waals surface area (Å²) in [5.41, 5.74) is -0.750. The lowest BCUT2D eigenvalue weighted by atomic mass is 10.0.